The molecule has 23 heavy (non-hydrogen) atoms. The molecule has 0 radical (unpaired) electrons. The van der Waals surface area contributed by atoms with Crippen molar-refractivity contribution in [3.8, 4) is 0 Å². The van der Waals surface area contributed by atoms with Crippen molar-refractivity contribution in [2.24, 2.45) is 17.3 Å². The molecule has 1 aliphatic carbocycles. The zero-order valence-electron chi connectivity index (χ0n) is 14.4. The lowest BCUT2D eigenvalue weighted by molar-refractivity contribution is -0.137. The molecule has 2 aliphatic rings. The minimum absolute atomic E-state index is 0.0928. The molecule has 6 nitrogen and oxygen atoms in total. The molecule has 2 fully saturated rings. The summed E-state index contributed by atoms with van der Waals surface area (Å²) >= 11 is 0. The second-order valence-electron chi connectivity index (χ2n) is 8.19. The first-order valence-electron chi connectivity index (χ1n) is 8.68. The number of carbonyl (C=O) groups excluding carboxylic acids is 1. The van der Waals surface area contributed by atoms with Gasteiger partial charge in [0.05, 0.1) is 18.8 Å². The molecule has 1 amide bonds. The Bertz CT molecular complexity index is 569. The molecule has 1 N–H and O–H groups in total. The van der Waals surface area contributed by atoms with Gasteiger partial charge in [0.2, 0.25) is 5.91 Å². The van der Waals surface area contributed by atoms with E-state index >= 15 is 0 Å². The van der Waals surface area contributed by atoms with Crippen molar-refractivity contribution in [1.82, 2.24) is 19.9 Å². The maximum Gasteiger partial charge on any atom is 0.225 e. The van der Waals surface area contributed by atoms with Crippen LogP contribution in [0, 0.1) is 17.3 Å². The molecule has 1 saturated carbocycles. The van der Waals surface area contributed by atoms with Gasteiger partial charge in [0.15, 0.2) is 0 Å². The van der Waals surface area contributed by atoms with Crippen molar-refractivity contribution < 1.29 is 9.90 Å². The highest BCUT2D eigenvalue weighted by Gasteiger charge is 2.39. The summed E-state index contributed by atoms with van der Waals surface area (Å²) in [4.78, 5) is 14.9. The molecule has 0 spiro atoms. The van der Waals surface area contributed by atoms with Gasteiger partial charge < -0.3 is 10.0 Å². The highest BCUT2D eigenvalue weighted by atomic mass is 16.3. The molecule has 2 heterocycles. The number of hydrogen-bond acceptors (Lipinski definition) is 4. The molecular formula is C17H28N4O2. The van der Waals surface area contributed by atoms with Gasteiger partial charge in [-0.3, -0.25) is 4.79 Å². The normalized spacial score (nSPS) is 30.6. The Kier molecular flexibility index (Phi) is 4.45. The van der Waals surface area contributed by atoms with Gasteiger partial charge in [-0.05, 0) is 37.0 Å². The third kappa shape index (κ3) is 3.57. The van der Waals surface area contributed by atoms with Crippen LogP contribution in [0.3, 0.4) is 0 Å². The fourth-order valence-electron chi connectivity index (χ4n) is 4.51. The number of aliphatic hydroxyl groups is 1. The van der Waals surface area contributed by atoms with E-state index in [1.165, 1.54) is 6.42 Å². The molecule has 0 bridgehead atoms. The van der Waals surface area contributed by atoms with E-state index in [4.69, 9.17) is 5.11 Å². The number of carbonyl (C=O) groups is 1. The summed E-state index contributed by atoms with van der Waals surface area (Å²) in [6.45, 7) is 8.23. The van der Waals surface area contributed by atoms with E-state index in [0.717, 1.165) is 25.8 Å². The van der Waals surface area contributed by atoms with Crippen LogP contribution >= 0.6 is 0 Å². The molecule has 0 aromatic carbocycles. The van der Waals surface area contributed by atoms with Crippen molar-refractivity contribution in [3.63, 3.8) is 0 Å². The second-order valence-corrected chi connectivity index (χ2v) is 8.19. The summed E-state index contributed by atoms with van der Waals surface area (Å²) in [5.41, 5.74) is 0.844. The third-order valence-corrected chi connectivity index (χ3v) is 5.31. The van der Waals surface area contributed by atoms with Gasteiger partial charge in [0.25, 0.3) is 0 Å². The lowest BCUT2D eigenvalue weighted by Crippen LogP contribution is -2.40. The Balaban J connectivity index is 1.63. The highest BCUT2D eigenvalue weighted by Crippen LogP contribution is 2.42. The quantitative estimate of drug-likeness (QED) is 0.925. The van der Waals surface area contributed by atoms with Crippen molar-refractivity contribution >= 4 is 5.91 Å². The Hall–Kier alpha value is -1.43. The first kappa shape index (κ1) is 16.4. The van der Waals surface area contributed by atoms with Crippen molar-refractivity contribution in [3.05, 3.63) is 11.9 Å². The molecule has 1 aromatic rings. The van der Waals surface area contributed by atoms with Crippen molar-refractivity contribution in [2.45, 2.75) is 59.1 Å². The summed E-state index contributed by atoms with van der Waals surface area (Å²) in [7, 11) is 0. The van der Waals surface area contributed by atoms with Crippen LogP contribution in [0.4, 0.5) is 0 Å². The number of likely N-dealkylation sites (tertiary alicyclic amines) is 1. The lowest BCUT2D eigenvalue weighted by Gasteiger charge is -2.39. The number of nitrogens with zero attached hydrogens (tertiary/aromatic N) is 4. The predicted molar refractivity (Wildman–Crippen MR) is 86.5 cm³/mol. The molecule has 6 heteroatoms. The van der Waals surface area contributed by atoms with Crippen LogP contribution in [0.25, 0.3) is 0 Å². The van der Waals surface area contributed by atoms with Crippen LogP contribution in [-0.4, -0.2) is 44.0 Å². The van der Waals surface area contributed by atoms with E-state index in [1.54, 1.807) is 10.9 Å². The van der Waals surface area contributed by atoms with Crippen molar-refractivity contribution in [2.75, 3.05) is 13.1 Å². The van der Waals surface area contributed by atoms with Crippen LogP contribution in [0.15, 0.2) is 6.20 Å². The van der Waals surface area contributed by atoms with Gasteiger partial charge in [-0.1, -0.05) is 26.0 Å². The van der Waals surface area contributed by atoms with Gasteiger partial charge in [-0.2, -0.15) is 0 Å². The molecule has 3 unspecified atom stereocenters. The Labute approximate surface area is 137 Å². The molecular weight excluding hydrogens is 292 g/mol. The Morgan fingerprint density at radius 1 is 1.43 bits per heavy atom. The smallest absolute Gasteiger partial charge is 0.225 e. The van der Waals surface area contributed by atoms with E-state index in [1.807, 2.05) is 4.90 Å². The highest BCUT2D eigenvalue weighted by molar-refractivity contribution is 5.79. The number of aromatic nitrogens is 3. The fraction of sp³-hybridized carbons (Fsp3) is 0.824. The van der Waals surface area contributed by atoms with E-state index in [-0.39, 0.29) is 24.0 Å². The van der Waals surface area contributed by atoms with Gasteiger partial charge in [-0.25, -0.2) is 4.68 Å². The minimum Gasteiger partial charge on any atom is -0.390 e. The second kappa shape index (κ2) is 6.23. The van der Waals surface area contributed by atoms with E-state index in [2.05, 4.69) is 31.1 Å². The summed E-state index contributed by atoms with van der Waals surface area (Å²) < 4.78 is 1.80. The van der Waals surface area contributed by atoms with Crippen LogP contribution in [0.2, 0.25) is 0 Å². The Morgan fingerprint density at radius 2 is 2.22 bits per heavy atom. The monoisotopic (exact) mass is 320 g/mol. The van der Waals surface area contributed by atoms with Crippen LogP contribution in [-0.2, 0) is 11.4 Å². The van der Waals surface area contributed by atoms with Crippen LogP contribution in [0.5, 0.6) is 0 Å². The van der Waals surface area contributed by atoms with E-state index in [9.17, 15) is 4.79 Å². The summed E-state index contributed by atoms with van der Waals surface area (Å²) in [6.07, 6.45) is 5.91. The maximum atomic E-state index is 12.9. The number of hydrogen-bond donors (Lipinski definition) is 1. The molecule has 3 rings (SSSR count). The summed E-state index contributed by atoms with van der Waals surface area (Å²) in [5.74, 6) is 1.10. The molecule has 1 aliphatic heterocycles. The zero-order valence-corrected chi connectivity index (χ0v) is 14.4. The van der Waals surface area contributed by atoms with Gasteiger partial charge in [0, 0.05) is 19.0 Å². The molecule has 3 atom stereocenters. The summed E-state index contributed by atoms with van der Waals surface area (Å²) in [5, 5.41) is 17.1. The number of aliphatic hydroxyl groups excluding tert-OH is 1. The minimum atomic E-state index is -0.0928. The zero-order chi connectivity index (χ0) is 16.6. The van der Waals surface area contributed by atoms with Crippen LogP contribution < -0.4 is 0 Å². The molecule has 1 saturated heterocycles. The average Bonchev–Trinajstić information content (AvgIpc) is 3.13. The first-order chi connectivity index (χ1) is 10.9. The van der Waals surface area contributed by atoms with Crippen LogP contribution in [0.1, 0.15) is 58.2 Å². The SMILES string of the molecule is CC1CC(C(=O)N2CCC(n3cc(CO)nn3)C2)CC(C)(C)C1. The standard InChI is InChI=1S/C17H28N4O2/c1-12-6-13(8-17(2,3)7-12)16(23)20-5-4-15(10-20)21-9-14(11-22)18-19-21/h9,12-13,15,22H,4-8,10-11H2,1-3H3. The number of amides is 1. The molecule has 128 valence electrons. The Morgan fingerprint density at radius 3 is 2.87 bits per heavy atom. The van der Waals surface area contributed by atoms with E-state index < -0.39 is 0 Å². The predicted octanol–water partition coefficient (Wildman–Crippen LogP) is 2.01. The van der Waals surface area contributed by atoms with Crippen molar-refractivity contribution in [1.29, 1.82) is 0 Å². The van der Waals surface area contributed by atoms with Gasteiger partial charge in [-0.15, -0.1) is 5.10 Å². The van der Waals surface area contributed by atoms with E-state index in [0.29, 0.717) is 24.1 Å². The average molecular weight is 320 g/mol. The third-order valence-electron chi connectivity index (χ3n) is 5.31. The maximum absolute atomic E-state index is 12.9. The lowest BCUT2D eigenvalue weighted by atomic mass is 9.67. The first-order valence-corrected chi connectivity index (χ1v) is 8.68. The topological polar surface area (TPSA) is 71.2 Å². The fourth-order valence-corrected chi connectivity index (χ4v) is 4.51. The van der Waals surface area contributed by atoms with Gasteiger partial charge >= 0.3 is 0 Å². The molecule has 1 aromatic heterocycles. The largest absolute Gasteiger partial charge is 0.390 e. The summed E-state index contributed by atoms with van der Waals surface area (Å²) in [6, 6.07) is 0.181. The number of rotatable bonds is 3. The van der Waals surface area contributed by atoms with Gasteiger partial charge in [0.1, 0.15) is 5.69 Å².